The van der Waals surface area contributed by atoms with E-state index in [1.54, 1.807) is 53.8 Å². The van der Waals surface area contributed by atoms with Crippen molar-refractivity contribution in [3.05, 3.63) is 54.4 Å². The standard InChI is InChI=1S/C21H28N4O4/c1-20(2,3)28-18(26)23-17(25-14-10-13-22-25)24(19(27)29-21(4,5)6)15-16-11-8-7-9-12-16/h7-14H,15H2,1-6H3/b23-17-. The van der Waals surface area contributed by atoms with Crippen LogP contribution in [0.25, 0.3) is 0 Å². The fraction of sp³-hybridized carbons (Fsp3) is 0.429. The Kier molecular flexibility index (Phi) is 6.79. The molecule has 0 saturated heterocycles. The topological polar surface area (TPSA) is 86.0 Å². The second kappa shape index (κ2) is 8.89. The van der Waals surface area contributed by atoms with E-state index in [-0.39, 0.29) is 12.5 Å². The van der Waals surface area contributed by atoms with Crippen molar-refractivity contribution in [2.24, 2.45) is 4.99 Å². The number of ether oxygens (including phenoxy) is 2. The van der Waals surface area contributed by atoms with Crippen molar-refractivity contribution >= 4 is 18.1 Å². The lowest BCUT2D eigenvalue weighted by atomic mass is 10.2. The zero-order chi connectivity index (χ0) is 21.7. The molecule has 1 aromatic heterocycles. The van der Waals surface area contributed by atoms with Crippen LogP contribution in [0, 0.1) is 0 Å². The Morgan fingerprint density at radius 1 is 1.00 bits per heavy atom. The van der Waals surface area contributed by atoms with Crippen LogP contribution in [0.4, 0.5) is 9.59 Å². The van der Waals surface area contributed by atoms with Gasteiger partial charge < -0.3 is 9.47 Å². The number of amides is 2. The van der Waals surface area contributed by atoms with E-state index < -0.39 is 23.4 Å². The van der Waals surface area contributed by atoms with Gasteiger partial charge in [0, 0.05) is 12.4 Å². The van der Waals surface area contributed by atoms with Crippen LogP contribution in [0.5, 0.6) is 0 Å². The molecule has 29 heavy (non-hydrogen) atoms. The van der Waals surface area contributed by atoms with Gasteiger partial charge in [-0.05, 0) is 53.2 Å². The normalized spacial score (nSPS) is 12.4. The number of hydrogen-bond donors (Lipinski definition) is 0. The predicted octanol–water partition coefficient (Wildman–Crippen LogP) is 4.46. The monoisotopic (exact) mass is 400 g/mol. The molecule has 8 heteroatoms. The van der Waals surface area contributed by atoms with Crippen molar-refractivity contribution in [1.29, 1.82) is 0 Å². The number of carbonyl (C=O) groups excluding carboxylic acids is 2. The lowest BCUT2D eigenvalue weighted by Crippen LogP contribution is -2.44. The van der Waals surface area contributed by atoms with Gasteiger partial charge in [0.1, 0.15) is 11.2 Å². The number of carbonyl (C=O) groups is 2. The maximum atomic E-state index is 13.0. The number of nitrogens with zero attached hydrogens (tertiary/aromatic N) is 4. The van der Waals surface area contributed by atoms with Crippen LogP contribution < -0.4 is 0 Å². The van der Waals surface area contributed by atoms with E-state index in [0.717, 1.165) is 5.56 Å². The first-order chi connectivity index (χ1) is 13.4. The number of aromatic nitrogens is 2. The maximum absolute atomic E-state index is 13.0. The Balaban J connectivity index is 2.48. The van der Waals surface area contributed by atoms with Crippen LogP contribution in [0.3, 0.4) is 0 Å². The number of aliphatic imine (C=N–C) groups is 1. The van der Waals surface area contributed by atoms with Crippen LogP contribution in [0.2, 0.25) is 0 Å². The summed E-state index contributed by atoms with van der Waals surface area (Å²) in [6.07, 6.45) is 1.63. The highest BCUT2D eigenvalue weighted by Crippen LogP contribution is 2.15. The molecule has 0 aliphatic rings. The highest BCUT2D eigenvalue weighted by atomic mass is 16.6. The van der Waals surface area contributed by atoms with Gasteiger partial charge in [0.05, 0.1) is 6.54 Å². The molecule has 0 spiro atoms. The Morgan fingerprint density at radius 2 is 1.62 bits per heavy atom. The number of hydrogen-bond acceptors (Lipinski definition) is 5. The van der Waals surface area contributed by atoms with Crippen molar-refractivity contribution in [3.63, 3.8) is 0 Å². The first kappa shape index (κ1) is 22.1. The van der Waals surface area contributed by atoms with Crippen LogP contribution >= 0.6 is 0 Å². The molecule has 8 nitrogen and oxygen atoms in total. The molecule has 1 aromatic carbocycles. The second-order valence-corrected chi connectivity index (χ2v) is 8.39. The van der Waals surface area contributed by atoms with Gasteiger partial charge in [0.2, 0.25) is 5.96 Å². The van der Waals surface area contributed by atoms with Crippen molar-refractivity contribution in [2.75, 3.05) is 0 Å². The molecule has 0 atom stereocenters. The summed E-state index contributed by atoms with van der Waals surface area (Å²) >= 11 is 0. The summed E-state index contributed by atoms with van der Waals surface area (Å²) in [4.78, 5) is 30.7. The van der Waals surface area contributed by atoms with Gasteiger partial charge in [-0.2, -0.15) is 5.10 Å². The summed E-state index contributed by atoms with van der Waals surface area (Å²) in [5.74, 6) is -0.0117. The lowest BCUT2D eigenvalue weighted by Gasteiger charge is -2.28. The third-order valence-corrected chi connectivity index (χ3v) is 3.33. The third kappa shape index (κ3) is 7.40. The molecule has 0 radical (unpaired) electrons. The van der Waals surface area contributed by atoms with E-state index >= 15 is 0 Å². The summed E-state index contributed by atoms with van der Waals surface area (Å²) in [7, 11) is 0. The molecular weight excluding hydrogens is 372 g/mol. The predicted molar refractivity (Wildman–Crippen MR) is 110 cm³/mol. The molecule has 0 unspecified atom stereocenters. The average molecular weight is 400 g/mol. The molecule has 156 valence electrons. The van der Waals surface area contributed by atoms with Gasteiger partial charge in [0.15, 0.2) is 0 Å². The van der Waals surface area contributed by atoms with Gasteiger partial charge in [0.25, 0.3) is 0 Å². The Hall–Kier alpha value is -3.16. The minimum Gasteiger partial charge on any atom is -0.443 e. The summed E-state index contributed by atoms with van der Waals surface area (Å²) in [5.41, 5.74) is -0.624. The molecule has 2 amide bonds. The van der Waals surface area contributed by atoms with Crippen LogP contribution in [0.1, 0.15) is 47.1 Å². The maximum Gasteiger partial charge on any atom is 0.437 e. The summed E-state index contributed by atoms with van der Waals surface area (Å²) < 4.78 is 12.2. The van der Waals surface area contributed by atoms with E-state index in [9.17, 15) is 9.59 Å². The van der Waals surface area contributed by atoms with Gasteiger partial charge in [-0.25, -0.2) is 19.2 Å². The van der Waals surface area contributed by atoms with E-state index in [1.165, 1.54) is 15.8 Å². The van der Waals surface area contributed by atoms with Gasteiger partial charge in [-0.15, -0.1) is 4.99 Å². The summed E-state index contributed by atoms with van der Waals surface area (Å²) in [5, 5.41) is 4.14. The molecule has 2 aromatic rings. The van der Waals surface area contributed by atoms with Crippen molar-refractivity contribution < 1.29 is 19.1 Å². The molecular formula is C21H28N4O4. The highest BCUT2D eigenvalue weighted by molar-refractivity contribution is 5.99. The molecule has 0 N–H and O–H groups in total. The second-order valence-electron chi connectivity index (χ2n) is 8.39. The number of rotatable bonds is 2. The van der Waals surface area contributed by atoms with Gasteiger partial charge in [-0.1, -0.05) is 30.3 Å². The SMILES string of the molecule is CC(C)(C)OC(=O)/N=C(/N(Cc1ccccc1)C(=O)OC(C)(C)C)n1cccn1. The molecule has 0 aliphatic carbocycles. The zero-order valence-electron chi connectivity index (χ0n) is 17.7. The number of benzene rings is 1. The molecule has 0 bridgehead atoms. The van der Waals surface area contributed by atoms with Crippen molar-refractivity contribution in [2.45, 2.75) is 59.3 Å². The smallest absolute Gasteiger partial charge is 0.437 e. The average Bonchev–Trinajstić information content (AvgIpc) is 3.10. The molecule has 2 rings (SSSR count). The van der Waals surface area contributed by atoms with Crippen LogP contribution in [-0.4, -0.2) is 44.0 Å². The van der Waals surface area contributed by atoms with E-state index in [0.29, 0.717) is 0 Å². The van der Waals surface area contributed by atoms with E-state index in [4.69, 9.17) is 9.47 Å². The van der Waals surface area contributed by atoms with Crippen molar-refractivity contribution in [3.8, 4) is 0 Å². The fourth-order valence-electron chi connectivity index (χ4n) is 2.29. The van der Waals surface area contributed by atoms with E-state index in [1.807, 2.05) is 30.3 Å². The van der Waals surface area contributed by atoms with E-state index in [2.05, 4.69) is 10.1 Å². The zero-order valence-corrected chi connectivity index (χ0v) is 17.7. The van der Waals surface area contributed by atoms with Crippen LogP contribution in [0.15, 0.2) is 53.8 Å². The van der Waals surface area contributed by atoms with Gasteiger partial charge in [-0.3, -0.25) is 0 Å². The van der Waals surface area contributed by atoms with Crippen molar-refractivity contribution in [1.82, 2.24) is 14.7 Å². The quantitative estimate of drug-likeness (QED) is 0.549. The van der Waals surface area contributed by atoms with Gasteiger partial charge >= 0.3 is 12.2 Å². The summed E-state index contributed by atoms with van der Waals surface area (Å²) in [6.45, 7) is 10.7. The molecule has 0 aliphatic heterocycles. The molecule has 0 saturated carbocycles. The fourth-order valence-corrected chi connectivity index (χ4v) is 2.29. The first-order valence-electron chi connectivity index (χ1n) is 9.31. The minimum atomic E-state index is -0.829. The lowest BCUT2D eigenvalue weighted by molar-refractivity contribution is 0.0351. The third-order valence-electron chi connectivity index (χ3n) is 3.33. The Bertz CT molecular complexity index is 847. The van der Waals surface area contributed by atoms with Crippen LogP contribution in [-0.2, 0) is 16.0 Å². The summed E-state index contributed by atoms with van der Waals surface area (Å²) in [6, 6.07) is 11.0. The Labute approximate surface area is 171 Å². The molecule has 0 fully saturated rings. The largest absolute Gasteiger partial charge is 0.443 e. The highest BCUT2D eigenvalue weighted by Gasteiger charge is 2.29. The minimum absolute atomic E-state index is 0.0117. The molecule has 1 heterocycles. The Morgan fingerprint density at radius 3 is 2.14 bits per heavy atom. The first-order valence-corrected chi connectivity index (χ1v) is 9.31.